The molecule has 0 aliphatic carbocycles. The Morgan fingerprint density at radius 1 is 1.40 bits per heavy atom. The fourth-order valence-electron chi connectivity index (χ4n) is 2.63. The first-order chi connectivity index (χ1) is 14.4. The minimum Gasteiger partial charge on any atom is -0.504 e. The number of carbonyl (C=O) groups excluding carboxylic acids is 1. The van der Waals surface area contributed by atoms with Gasteiger partial charge in [-0.15, -0.1) is 0 Å². The normalized spacial score (nSPS) is 10.9. The van der Waals surface area contributed by atoms with Crippen molar-refractivity contribution in [3.63, 3.8) is 0 Å². The summed E-state index contributed by atoms with van der Waals surface area (Å²) in [6.45, 7) is 0.245. The molecule has 0 atom stereocenters. The van der Waals surface area contributed by atoms with E-state index < -0.39 is 16.5 Å². The monoisotopic (exact) mass is 473 g/mol. The number of amides is 1. The van der Waals surface area contributed by atoms with Gasteiger partial charge in [0.1, 0.15) is 6.20 Å². The number of phenols is 1. The molecular formula is C19H16BrN5O5. The van der Waals surface area contributed by atoms with E-state index in [2.05, 4.69) is 31.6 Å². The maximum atomic E-state index is 12.4. The summed E-state index contributed by atoms with van der Waals surface area (Å²) in [7, 11) is 1.40. The molecule has 0 saturated heterocycles. The Balaban J connectivity index is 1.78. The minimum absolute atomic E-state index is 0.151. The summed E-state index contributed by atoms with van der Waals surface area (Å²) in [5.41, 5.74) is 2.51. The molecule has 0 fully saturated rings. The highest BCUT2D eigenvalue weighted by molar-refractivity contribution is 9.10. The standard InChI is InChI=1S/C19H16BrN5O5/c1-30-16-7-3-5-13(18(16)26)9-21-22-19(27)17-15(25(28)29)11-24(23-17)10-12-4-2-6-14(20)8-12/h2-9,11,26H,10H2,1H3,(H,22,27)/b21-9-. The topological polar surface area (TPSA) is 132 Å². The SMILES string of the molecule is COc1cccc(/C=N\NC(=O)c2nn(Cc3cccc(Br)c3)cc2[N+](=O)[O-])c1O. The molecule has 0 saturated carbocycles. The van der Waals surface area contributed by atoms with Gasteiger partial charge in [0, 0.05) is 10.0 Å². The van der Waals surface area contributed by atoms with Crippen LogP contribution in [0.15, 0.2) is 58.2 Å². The molecule has 0 aliphatic rings. The van der Waals surface area contributed by atoms with Crippen LogP contribution in [0.2, 0.25) is 0 Å². The van der Waals surface area contributed by atoms with E-state index in [1.54, 1.807) is 18.2 Å². The summed E-state index contributed by atoms with van der Waals surface area (Å²) in [5.74, 6) is -0.761. The number of hydrazone groups is 1. The fourth-order valence-corrected chi connectivity index (χ4v) is 3.08. The molecule has 10 nitrogen and oxygen atoms in total. The van der Waals surface area contributed by atoms with Crippen LogP contribution in [0.3, 0.4) is 0 Å². The Hall–Kier alpha value is -3.73. The number of halogens is 1. The summed E-state index contributed by atoms with van der Waals surface area (Å²) in [6, 6.07) is 12.1. The summed E-state index contributed by atoms with van der Waals surface area (Å²) in [5, 5.41) is 29.1. The second-order valence-electron chi connectivity index (χ2n) is 6.04. The van der Waals surface area contributed by atoms with Gasteiger partial charge in [-0.2, -0.15) is 10.2 Å². The van der Waals surface area contributed by atoms with E-state index in [1.165, 1.54) is 24.2 Å². The first-order valence-electron chi connectivity index (χ1n) is 8.54. The van der Waals surface area contributed by atoms with Gasteiger partial charge < -0.3 is 9.84 Å². The number of methoxy groups -OCH3 is 1. The number of aromatic nitrogens is 2. The van der Waals surface area contributed by atoms with Gasteiger partial charge >= 0.3 is 5.69 Å². The third-order valence-electron chi connectivity index (χ3n) is 4.01. The fraction of sp³-hybridized carbons (Fsp3) is 0.105. The van der Waals surface area contributed by atoms with Crippen molar-refractivity contribution in [2.75, 3.05) is 7.11 Å². The number of phenolic OH excluding ortho intramolecular Hbond substituents is 1. The molecule has 0 unspecified atom stereocenters. The molecular weight excluding hydrogens is 458 g/mol. The van der Waals surface area contributed by atoms with Gasteiger partial charge in [0.05, 0.1) is 24.8 Å². The molecule has 1 amide bonds. The molecule has 154 valence electrons. The second-order valence-corrected chi connectivity index (χ2v) is 6.96. The van der Waals surface area contributed by atoms with Gasteiger partial charge in [-0.3, -0.25) is 19.6 Å². The van der Waals surface area contributed by atoms with E-state index in [9.17, 15) is 20.0 Å². The zero-order chi connectivity index (χ0) is 21.7. The van der Waals surface area contributed by atoms with Crippen LogP contribution in [0.1, 0.15) is 21.6 Å². The predicted molar refractivity (Wildman–Crippen MR) is 112 cm³/mol. The first-order valence-corrected chi connectivity index (χ1v) is 9.34. The maximum Gasteiger partial charge on any atom is 0.320 e. The molecule has 0 aliphatic heterocycles. The van der Waals surface area contributed by atoms with Crippen LogP contribution in [0, 0.1) is 10.1 Å². The molecule has 1 aromatic heterocycles. The first kappa shape index (κ1) is 21.0. The molecule has 1 heterocycles. The maximum absolute atomic E-state index is 12.4. The van der Waals surface area contributed by atoms with Gasteiger partial charge in [-0.05, 0) is 29.8 Å². The number of ether oxygens (including phenoxy) is 1. The van der Waals surface area contributed by atoms with E-state index in [4.69, 9.17) is 4.74 Å². The van der Waals surface area contributed by atoms with Crippen molar-refractivity contribution in [2.45, 2.75) is 6.54 Å². The number of aromatic hydroxyl groups is 1. The van der Waals surface area contributed by atoms with Gasteiger partial charge in [0.25, 0.3) is 5.91 Å². The molecule has 0 radical (unpaired) electrons. The Morgan fingerprint density at radius 2 is 2.17 bits per heavy atom. The third-order valence-corrected chi connectivity index (χ3v) is 4.50. The molecule has 3 rings (SSSR count). The largest absolute Gasteiger partial charge is 0.504 e. The Morgan fingerprint density at radius 3 is 2.87 bits per heavy atom. The van der Waals surface area contributed by atoms with E-state index in [0.717, 1.165) is 10.0 Å². The highest BCUT2D eigenvalue weighted by Gasteiger charge is 2.25. The molecule has 0 bridgehead atoms. The van der Waals surface area contributed by atoms with E-state index >= 15 is 0 Å². The van der Waals surface area contributed by atoms with Gasteiger partial charge in [-0.25, -0.2) is 5.43 Å². The van der Waals surface area contributed by atoms with Crippen LogP contribution >= 0.6 is 15.9 Å². The van der Waals surface area contributed by atoms with Gasteiger partial charge in [0.15, 0.2) is 11.5 Å². The molecule has 30 heavy (non-hydrogen) atoms. The van der Waals surface area contributed by atoms with Crippen molar-refractivity contribution in [2.24, 2.45) is 5.10 Å². The Bertz CT molecular complexity index is 1130. The number of hydrogen-bond donors (Lipinski definition) is 2. The van der Waals surface area contributed by atoms with E-state index in [1.807, 2.05) is 24.3 Å². The lowest BCUT2D eigenvalue weighted by Gasteiger charge is -2.04. The number of para-hydroxylation sites is 1. The predicted octanol–water partition coefficient (Wildman–Crippen LogP) is 3.08. The van der Waals surface area contributed by atoms with Crippen molar-refractivity contribution in [1.82, 2.24) is 15.2 Å². The number of nitrogens with zero attached hydrogens (tertiary/aromatic N) is 4. The summed E-state index contributed by atoms with van der Waals surface area (Å²) >= 11 is 3.36. The lowest BCUT2D eigenvalue weighted by Crippen LogP contribution is -2.19. The summed E-state index contributed by atoms with van der Waals surface area (Å²) in [4.78, 5) is 23.0. The highest BCUT2D eigenvalue weighted by atomic mass is 79.9. The van der Waals surface area contributed by atoms with Crippen molar-refractivity contribution in [1.29, 1.82) is 0 Å². The van der Waals surface area contributed by atoms with Crippen LogP contribution < -0.4 is 10.2 Å². The zero-order valence-electron chi connectivity index (χ0n) is 15.7. The molecule has 11 heteroatoms. The third kappa shape index (κ3) is 4.81. The number of hydrogen-bond acceptors (Lipinski definition) is 7. The van der Waals surface area contributed by atoms with Crippen LogP contribution in [-0.2, 0) is 6.54 Å². The van der Waals surface area contributed by atoms with Crippen molar-refractivity contribution in [3.8, 4) is 11.5 Å². The van der Waals surface area contributed by atoms with Crippen molar-refractivity contribution < 1.29 is 19.6 Å². The quantitative estimate of drug-likeness (QED) is 0.307. The number of benzene rings is 2. The minimum atomic E-state index is -0.853. The average Bonchev–Trinajstić information content (AvgIpc) is 3.13. The Labute approximate surface area is 179 Å². The number of nitro groups is 1. The highest BCUT2D eigenvalue weighted by Crippen LogP contribution is 2.28. The van der Waals surface area contributed by atoms with Gasteiger partial charge in [-0.1, -0.05) is 34.1 Å². The summed E-state index contributed by atoms with van der Waals surface area (Å²) < 4.78 is 7.16. The van der Waals surface area contributed by atoms with Crippen molar-refractivity contribution >= 4 is 33.7 Å². The number of rotatable bonds is 7. The van der Waals surface area contributed by atoms with E-state index in [-0.39, 0.29) is 23.7 Å². The van der Waals surface area contributed by atoms with Crippen molar-refractivity contribution in [3.05, 3.63) is 80.1 Å². The molecule has 0 spiro atoms. The van der Waals surface area contributed by atoms with Crippen LogP contribution in [0.4, 0.5) is 5.69 Å². The lowest BCUT2D eigenvalue weighted by molar-refractivity contribution is -0.385. The molecule has 2 aromatic carbocycles. The number of nitrogens with one attached hydrogen (secondary N) is 1. The average molecular weight is 474 g/mol. The zero-order valence-corrected chi connectivity index (χ0v) is 17.2. The number of carbonyl (C=O) groups is 1. The smallest absolute Gasteiger partial charge is 0.320 e. The van der Waals surface area contributed by atoms with Crippen LogP contribution in [0.5, 0.6) is 11.5 Å². The summed E-state index contributed by atoms with van der Waals surface area (Å²) in [6.07, 6.45) is 2.38. The molecule has 3 aromatic rings. The van der Waals surface area contributed by atoms with Gasteiger partial charge in [0.2, 0.25) is 5.69 Å². The Kier molecular flexibility index (Phi) is 6.42. The second kappa shape index (κ2) is 9.18. The molecule has 2 N–H and O–H groups in total. The van der Waals surface area contributed by atoms with E-state index in [0.29, 0.717) is 5.56 Å². The van der Waals surface area contributed by atoms with Crippen LogP contribution in [-0.4, -0.2) is 39.0 Å². The lowest BCUT2D eigenvalue weighted by atomic mass is 10.2. The van der Waals surface area contributed by atoms with Crippen LogP contribution in [0.25, 0.3) is 0 Å².